The van der Waals surface area contributed by atoms with E-state index >= 15 is 0 Å². The van der Waals surface area contributed by atoms with Gasteiger partial charge in [0, 0.05) is 11.3 Å². The lowest BCUT2D eigenvalue weighted by atomic mass is 9.98. The maximum atomic E-state index is 12.9. The number of carbonyl (C=O) groups excluding carboxylic acids is 2. The minimum absolute atomic E-state index is 0.0823. The Morgan fingerprint density at radius 1 is 1.03 bits per heavy atom. The second-order valence-electron chi connectivity index (χ2n) is 7.46. The summed E-state index contributed by atoms with van der Waals surface area (Å²) in [4.78, 5) is 25.5. The zero-order valence-corrected chi connectivity index (χ0v) is 19.3. The average Bonchev–Trinajstić information content (AvgIpc) is 3.26. The number of amides is 3. The van der Waals surface area contributed by atoms with Crippen LogP contribution in [0.5, 0.6) is 5.75 Å². The van der Waals surface area contributed by atoms with Gasteiger partial charge in [-0.1, -0.05) is 61.4 Å². The van der Waals surface area contributed by atoms with Crippen molar-refractivity contribution in [2.24, 2.45) is 5.92 Å². The van der Waals surface area contributed by atoms with E-state index in [1.807, 2.05) is 45.0 Å². The molecule has 32 heavy (non-hydrogen) atoms. The summed E-state index contributed by atoms with van der Waals surface area (Å²) in [5.74, 6) is 0.270. The van der Waals surface area contributed by atoms with E-state index in [-0.39, 0.29) is 11.8 Å². The summed E-state index contributed by atoms with van der Waals surface area (Å²) in [6.07, 6.45) is 0.714. The number of nitrogens with one attached hydrogen (secondary N) is 3. The van der Waals surface area contributed by atoms with Crippen molar-refractivity contribution in [1.29, 1.82) is 0 Å². The van der Waals surface area contributed by atoms with Crippen LogP contribution in [-0.2, 0) is 4.79 Å². The minimum atomic E-state index is -0.732. The predicted octanol–water partition coefficient (Wildman–Crippen LogP) is 4.70. The third-order valence-corrected chi connectivity index (χ3v) is 5.97. The number of ether oxygens (including phenoxy) is 1. The van der Waals surface area contributed by atoms with E-state index in [2.05, 4.69) is 26.1 Å². The van der Waals surface area contributed by atoms with Gasteiger partial charge in [0.05, 0.1) is 7.11 Å². The number of rotatable bonds is 8. The van der Waals surface area contributed by atoms with Crippen molar-refractivity contribution < 1.29 is 14.3 Å². The molecule has 3 N–H and O–H groups in total. The van der Waals surface area contributed by atoms with E-state index in [1.165, 1.54) is 11.3 Å². The fraction of sp³-hybridized carbons (Fsp3) is 0.304. The zero-order chi connectivity index (χ0) is 23.1. The summed E-state index contributed by atoms with van der Waals surface area (Å²) < 4.78 is 5.12. The fourth-order valence-electron chi connectivity index (χ4n) is 2.95. The fourth-order valence-corrected chi connectivity index (χ4v) is 3.71. The van der Waals surface area contributed by atoms with Crippen LogP contribution < -0.4 is 20.7 Å². The Bertz CT molecular complexity index is 1050. The summed E-state index contributed by atoms with van der Waals surface area (Å²) >= 11 is 1.29. The van der Waals surface area contributed by atoms with Gasteiger partial charge in [-0.25, -0.2) is 4.79 Å². The highest BCUT2D eigenvalue weighted by molar-refractivity contribution is 7.18. The topological polar surface area (TPSA) is 105 Å². The Hall–Kier alpha value is -3.46. The van der Waals surface area contributed by atoms with Crippen molar-refractivity contribution in [2.45, 2.75) is 33.2 Å². The number of aryl methyl sites for hydroxylation is 1. The first-order chi connectivity index (χ1) is 15.4. The van der Waals surface area contributed by atoms with E-state index < -0.39 is 12.1 Å². The van der Waals surface area contributed by atoms with Gasteiger partial charge in [-0.2, -0.15) is 0 Å². The Balaban J connectivity index is 1.65. The van der Waals surface area contributed by atoms with Crippen LogP contribution in [-0.4, -0.2) is 35.3 Å². The van der Waals surface area contributed by atoms with Crippen LogP contribution in [0.3, 0.4) is 0 Å². The van der Waals surface area contributed by atoms with Gasteiger partial charge >= 0.3 is 6.03 Å². The van der Waals surface area contributed by atoms with E-state index in [9.17, 15) is 9.59 Å². The average molecular weight is 454 g/mol. The van der Waals surface area contributed by atoms with Crippen LogP contribution in [0, 0.1) is 12.8 Å². The first kappa shape index (κ1) is 23.2. The Labute approximate surface area is 191 Å². The molecule has 3 aromatic rings. The summed E-state index contributed by atoms with van der Waals surface area (Å²) in [6.45, 7) is 5.90. The van der Waals surface area contributed by atoms with Gasteiger partial charge in [-0.15, -0.1) is 10.2 Å². The molecule has 0 saturated heterocycles. The van der Waals surface area contributed by atoms with E-state index in [0.717, 1.165) is 11.1 Å². The number of carbonyl (C=O) groups is 2. The molecule has 3 amide bonds. The lowest BCUT2D eigenvalue weighted by Gasteiger charge is -2.23. The molecule has 0 saturated carbocycles. The SMILES string of the molecule is CCC(C)C(NC(=O)Nc1ccc(OC)cc1)C(=O)Nc1nnc(-c2ccc(C)cc2)s1. The Morgan fingerprint density at radius 2 is 1.72 bits per heavy atom. The molecule has 2 atom stereocenters. The lowest BCUT2D eigenvalue weighted by molar-refractivity contribution is -0.119. The molecule has 9 heteroatoms. The molecule has 0 spiro atoms. The molecule has 168 valence electrons. The highest BCUT2D eigenvalue weighted by atomic mass is 32.1. The molecule has 0 fully saturated rings. The van der Waals surface area contributed by atoms with Crippen molar-refractivity contribution in [1.82, 2.24) is 15.5 Å². The minimum Gasteiger partial charge on any atom is -0.497 e. The van der Waals surface area contributed by atoms with Gasteiger partial charge < -0.3 is 15.4 Å². The third kappa shape index (κ3) is 6.04. The first-order valence-electron chi connectivity index (χ1n) is 10.3. The molecule has 1 heterocycles. The summed E-state index contributed by atoms with van der Waals surface area (Å²) in [5.41, 5.74) is 2.68. The standard InChI is InChI=1S/C23H27N5O3S/c1-5-15(3)19(25-22(30)24-17-10-12-18(31-4)13-11-17)20(29)26-23-28-27-21(32-23)16-8-6-14(2)7-9-16/h6-13,15,19H,5H2,1-4H3,(H2,24,25,30)(H,26,28,29). The zero-order valence-electron chi connectivity index (χ0n) is 18.5. The molecule has 2 aromatic carbocycles. The number of aromatic nitrogens is 2. The largest absolute Gasteiger partial charge is 0.497 e. The maximum Gasteiger partial charge on any atom is 0.319 e. The second kappa shape index (κ2) is 10.7. The lowest BCUT2D eigenvalue weighted by Crippen LogP contribution is -2.49. The molecule has 2 unspecified atom stereocenters. The molecule has 0 aliphatic heterocycles. The van der Waals surface area contributed by atoms with Crippen LogP contribution in [0.15, 0.2) is 48.5 Å². The number of urea groups is 1. The molecule has 0 radical (unpaired) electrons. The number of benzene rings is 2. The highest BCUT2D eigenvalue weighted by Crippen LogP contribution is 2.27. The molecule has 0 aliphatic rings. The van der Waals surface area contributed by atoms with Crippen molar-refractivity contribution in [3.63, 3.8) is 0 Å². The predicted molar refractivity (Wildman–Crippen MR) is 127 cm³/mol. The highest BCUT2D eigenvalue weighted by Gasteiger charge is 2.27. The monoisotopic (exact) mass is 453 g/mol. The summed E-state index contributed by atoms with van der Waals surface area (Å²) in [6, 6.07) is 13.7. The number of hydrogen-bond acceptors (Lipinski definition) is 6. The van der Waals surface area contributed by atoms with Gasteiger partial charge in [-0.3, -0.25) is 10.1 Å². The van der Waals surface area contributed by atoms with Crippen LogP contribution >= 0.6 is 11.3 Å². The van der Waals surface area contributed by atoms with Gasteiger partial charge in [0.15, 0.2) is 0 Å². The van der Waals surface area contributed by atoms with Crippen LogP contribution in [0.2, 0.25) is 0 Å². The van der Waals surface area contributed by atoms with E-state index in [0.29, 0.717) is 28.0 Å². The van der Waals surface area contributed by atoms with Gasteiger partial charge in [0.25, 0.3) is 0 Å². The summed E-state index contributed by atoms with van der Waals surface area (Å²) in [5, 5.41) is 17.7. The molecule has 1 aromatic heterocycles. The molecule has 0 aliphatic carbocycles. The van der Waals surface area contributed by atoms with Gasteiger partial charge in [0.1, 0.15) is 16.8 Å². The quantitative estimate of drug-likeness (QED) is 0.459. The normalized spacial score (nSPS) is 12.5. The molecular weight excluding hydrogens is 426 g/mol. The number of anilines is 2. The molecule has 8 nitrogen and oxygen atoms in total. The number of nitrogens with zero attached hydrogens (tertiary/aromatic N) is 2. The Morgan fingerprint density at radius 3 is 2.34 bits per heavy atom. The van der Waals surface area contributed by atoms with Gasteiger partial charge in [-0.05, 0) is 37.1 Å². The van der Waals surface area contributed by atoms with Crippen molar-refractivity contribution in [2.75, 3.05) is 17.7 Å². The van der Waals surface area contributed by atoms with Crippen LogP contribution in [0.4, 0.5) is 15.6 Å². The van der Waals surface area contributed by atoms with Crippen LogP contribution in [0.1, 0.15) is 25.8 Å². The Kier molecular flexibility index (Phi) is 7.77. The smallest absolute Gasteiger partial charge is 0.319 e. The molecule has 3 rings (SSSR count). The second-order valence-corrected chi connectivity index (χ2v) is 8.44. The van der Waals surface area contributed by atoms with Crippen LogP contribution in [0.25, 0.3) is 10.6 Å². The van der Waals surface area contributed by atoms with Crippen molar-refractivity contribution >= 4 is 34.1 Å². The first-order valence-corrected chi connectivity index (χ1v) is 11.1. The van der Waals surface area contributed by atoms with E-state index in [4.69, 9.17) is 4.74 Å². The third-order valence-electron chi connectivity index (χ3n) is 5.08. The van der Waals surface area contributed by atoms with E-state index in [1.54, 1.807) is 31.4 Å². The van der Waals surface area contributed by atoms with Crippen molar-refractivity contribution in [3.05, 3.63) is 54.1 Å². The maximum absolute atomic E-state index is 12.9. The molecule has 0 bridgehead atoms. The summed E-state index contributed by atoms with van der Waals surface area (Å²) in [7, 11) is 1.58. The van der Waals surface area contributed by atoms with Gasteiger partial charge in [0.2, 0.25) is 11.0 Å². The number of methoxy groups -OCH3 is 1. The van der Waals surface area contributed by atoms with Crippen molar-refractivity contribution in [3.8, 4) is 16.3 Å². The number of hydrogen-bond donors (Lipinski definition) is 3. The molecular formula is C23H27N5O3S.